The number of oxazole rings is 1. The lowest BCUT2D eigenvalue weighted by Gasteiger charge is -2.10. The zero-order valence-corrected chi connectivity index (χ0v) is 8.52. The van der Waals surface area contributed by atoms with Gasteiger partial charge in [-0.15, -0.1) is 0 Å². The zero-order valence-electron chi connectivity index (χ0n) is 8.52. The first kappa shape index (κ1) is 10.1. The molecule has 80 valence electrons. The summed E-state index contributed by atoms with van der Waals surface area (Å²) < 4.78 is 5.22. The second kappa shape index (κ2) is 4.42. The first-order valence-electron chi connectivity index (χ1n) is 5.10. The van der Waals surface area contributed by atoms with E-state index in [2.05, 4.69) is 4.98 Å². The molecule has 1 aromatic heterocycles. The lowest BCUT2D eigenvalue weighted by Crippen LogP contribution is -2.12. The third-order valence-electron chi connectivity index (χ3n) is 2.50. The Bertz CT molecular complexity index is 438. The highest BCUT2D eigenvalue weighted by Crippen LogP contribution is 2.20. The normalized spacial score (nSPS) is 13.2. The maximum atomic E-state index is 6.02. The molecule has 15 heavy (non-hydrogen) atoms. The Hall–Kier alpha value is -1.39. The fraction of sp³-hybridized carbons (Fsp3) is 0.364. The molecule has 0 radical (unpaired) electrons. The second-order valence-electron chi connectivity index (χ2n) is 3.62. The number of hydrogen-bond donors (Lipinski definition) is 2. The number of aromatic nitrogens is 1. The van der Waals surface area contributed by atoms with Gasteiger partial charge in [-0.1, -0.05) is 6.07 Å². The third kappa shape index (κ3) is 2.16. The van der Waals surface area contributed by atoms with Crippen molar-refractivity contribution >= 4 is 11.1 Å². The van der Waals surface area contributed by atoms with Gasteiger partial charge in [-0.2, -0.15) is 0 Å². The number of nitrogens with two attached hydrogens (primary N) is 2. The molecule has 0 saturated heterocycles. The summed E-state index contributed by atoms with van der Waals surface area (Å²) in [4.78, 5) is 4.05. The monoisotopic (exact) mass is 205 g/mol. The van der Waals surface area contributed by atoms with Gasteiger partial charge in [0.05, 0.1) is 0 Å². The van der Waals surface area contributed by atoms with Gasteiger partial charge in [0.2, 0.25) is 0 Å². The zero-order chi connectivity index (χ0) is 10.7. The Balaban J connectivity index is 2.19. The maximum Gasteiger partial charge on any atom is 0.181 e. The minimum absolute atomic E-state index is 0.0306. The van der Waals surface area contributed by atoms with Crippen molar-refractivity contribution in [3.05, 3.63) is 30.2 Å². The van der Waals surface area contributed by atoms with Crippen molar-refractivity contribution in [3.8, 4) is 0 Å². The SMILES string of the molecule is NCCCC(N)c1ccc2ncoc2c1. The third-order valence-corrected chi connectivity index (χ3v) is 2.50. The van der Waals surface area contributed by atoms with Crippen LogP contribution in [0.15, 0.2) is 29.0 Å². The van der Waals surface area contributed by atoms with Crippen molar-refractivity contribution in [2.45, 2.75) is 18.9 Å². The number of hydrogen-bond acceptors (Lipinski definition) is 4. The molecule has 1 atom stereocenters. The highest BCUT2D eigenvalue weighted by molar-refractivity contribution is 5.72. The van der Waals surface area contributed by atoms with Crippen molar-refractivity contribution in [1.29, 1.82) is 0 Å². The van der Waals surface area contributed by atoms with Gasteiger partial charge in [0.1, 0.15) is 5.52 Å². The molecule has 0 aliphatic rings. The molecule has 0 amide bonds. The van der Waals surface area contributed by atoms with E-state index in [4.69, 9.17) is 15.9 Å². The van der Waals surface area contributed by atoms with Crippen LogP contribution in [0, 0.1) is 0 Å². The number of rotatable bonds is 4. The van der Waals surface area contributed by atoms with E-state index in [9.17, 15) is 0 Å². The van der Waals surface area contributed by atoms with E-state index < -0.39 is 0 Å². The maximum absolute atomic E-state index is 6.02. The van der Waals surface area contributed by atoms with Crippen molar-refractivity contribution in [2.75, 3.05) is 6.54 Å². The van der Waals surface area contributed by atoms with Crippen molar-refractivity contribution < 1.29 is 4.42 Å². The van der Waals surface area contributed by atoms with E-state index in [1.165, 1.54) is 6.39 Å². The lowest BCUT2D eigenvalue weighted by molar-refractivity contribution is 0.595. The Morgan fingerprint density at radius 2 is 2.27 bits per heavy atom. The molecule has 0 aliphatic carbocycles. The smallest absolute Gasteiger partial charge is 0.181 e. The van der Waals surface area contributed by atoms with Crippen LogP contribution in [0.1, 0.15) is 24.4 Å². The van der Waals surface area contributed by atoms with E-state index in [1.54, 1.807) is 0 Å². The van der Waals surface area contributed by atoms with E-state index in [-0.39, 0.29) is 6.04 Å². The number of benzene rings is 1. The highest BCUT2D eigenvalue weighted by Gasteiger charge is 2.07. The van der Waals surface area contributed by atoms with Gasteiger partial charge >= 0.3 is 0 Å². The van der Waals surface area contributed by atoms with Gasteiger partial charge in [-0.3, -0.25) is 0 Å². The predicted molar refractivity (Wildman–Crippen MR) is 59.2 cm³/mol. The molecule has 0 saturated carbocycles. The fourth-order valence-electron chi connectivity index (χ4n) is 1.61. The molecule has 2 rings (SSSR count). The van der Waals surface area contributed by atoms with Crippen LogP contribution < -0.4 is 11.5 Å². The summed E-state index contributed by atoms with van der Waals surface area (Å²) in [5.74, 6) is 0. The quantitative estimate of drug-likeness (QED) is 0.794. The van der Waals surface area contributed by atoms with Crippen LogP contribution in [-0.4, -0.2) is 11.5 Å². The van der Waals surface area contributed by atoms with Gasteiger partial charge in [0.25, 0.3) is 0 Å². The Morgan fingerprint density at radius 1 is 1.40 bits per heavy atom. The van der Waals surface area contributed by atoms with Crippen LogP contribution in [0.3, 0.4) is 0 Å². The van der Waals surface area contributed by atoms with Crippen molar-refractivity contribution in [3.63, 3.8) is 0 Å². The van der Waals surface area contributed by atoms with Gasteiger partial charge in [-0.05, 0) is 37.1 Å². The first-order valence-corrected chi connectivity index (χ1v) is 5.10. The fourth-order valence-corrected chi connectivity index (χ4v) is 1.61. The van der Waals surface area contributed by atoms with Crippen LogP contribution in [0.4, 0.5) is 0 Å². The van der Waals surface area contributed by atoms with Gasteiger partial charge < -0.3 is 15.9 Å². The van der Waals surface area contributed by atoms with Crippen LogP contribution in [0.5, 0.6) is 0 Å². The molecule has 4 heteroatoms. The van der Waals surface area contributed by atoms with E-state index in [0.29, 0.717) is 6.54 Å². The minimum Gasteiger partial charge on any atom is -0.443 e. The minimum atomic E-state index is 0.0306. The van der Waals surface area contributed by atoms with Crippen LogP contribution in [-0.2, 0) is 0 Å². The average Bonchev–Trinajstić information content (AvgIpc) is 2.72. The van der Waals surface area contributed by atoms with Crippen LogP contribution in [0.2, 0.25) is 0 Å². The molecule has 0 fully saturated rings. The van der Waals surface area contributed by atoms with Crippen molar-refractivity contribution in [2.24, 2.45) is 11.5 Å². The summed E-state index contributed by atoms with van der Waals surface area (Å²) in [6.45, 7) is 0.679. The lowest BCUT2D eigenvalue weighted by atomic mass is 10.0. The van der Waals surface area contributed by atoms with Crippen LogP contribution in [0.25, 0.3) is 11.1 Å². The summed E-state index contributed by atoms with van der Waals surface area (Å²) in [6.07, 6.45) is 3.28. The van der Waals surface area contributed by atoms with Crippen molar-refractivity contribution in [1.82, 2.24) is 4.98 Å². The summed E-state index contributed by atoms with van der Waals surface area (Å²) >= 11 is 0. The number of nitrogens with zero attached hydrogens (tertiary/aromatic N) is 1. The summed E-state index contributed by atoms with van der Waals surface area (Å²) in [7, 11) is 0. The molecular weight excluding hydrogens is 190 g/mol. The summed E-state index contributed by atoms with van der Waals surface area (Å²) in [5, 5.41) is 0. The molecule has 0 bridgehead atoms. The molecule has 2 aromatic rings. The molecule has 0 aliphatic heterocycles. The molecule has 4 nitrogen and oxygen atoms in total. The molecule has 0 spiro atoms. The highest BCUT2D eigenvalue weighted by atomic mass is 16.3. The Labute approximate surface area is 88.3 Å². The molecule has 4 N–H and O–H groups in total. The van der Waals surface area contributed by atoms with Gasteiger partial charge in [0, 0.05) is 6.04 Å². The Morgan fingerprint density at radius 3 is 3.07 bits per heavy atom. The van der Waals surface area contributed by atoms with E-state index >= 15 is 0 Å². The largest absolute Gasteiger partial charge is 0.443 e. The van der Waals surface area contributed by atoms with Gasteiger partial charge in [-0.25, -0.2) is 4.98 Å². The topological polar surface area (TPSA) is 78.1 Å². The van der Waals surface area contributed by atoms with E-state index in [0.717, 1.165) is 29.5 Å². The summed E-state index contributed by atoms with van der Waals surface area (Å²) in [6, 6.07) is 5.90. The first-order chi connectivity index (χ1) is 7.31. The van der Waals surface area contributed by atoms with E-state index in [1.807, 2.05) is 18.2 Å². The Kier molecular flexibility index (Phi) is 2.99. The summed E-state index contributed by atoms with van der Waals surface area (Å²) in [5.41, 5.74) is 14.2. The van der Waals surface area contributed by atoms with Crippen LogP contribution >= 0.6 is 0 Å². The average molecular weight is 205 g/mol. The molecule has 1 aromatic carbocycles. The standard InChI is InChI=1S/C11H15N3O/c12-5-1-2-9(13)8-3-4-10-11(6-8)15-7-14-10/h3-4,6-7,9H,1-2,5,12-13H2. The number of fused-ring (bicyclic) bond motifs is 1. The van der Waals surface area contributed by atoms with Gasteiger partial charge in [0.15, 0.2) is 12.0 Å². The molecular formula is C11H15N3O. The molecule has 1 heterocycles. The molecule has 1 unspecified atom stereocenters. The predicted octanol–water partition coefficient (Wildman–Crippen LogP) is 1.57. The second-order valence-corrected chi connectivity index (χ2v) is 3.62.